The van der Waals surface area contributed by atoms with Gasteiger partial charge in [0, 0.05) is 18.7 Å². The molecule has 1 aliphatic rings. The van der Waals surface area contributed by atoms with Crippen LogP contribution in [0.4, 0.5) is 0 Å². The van der Waals surface area contributed by atoms with E-state index in [9.17, 15) is 8.42 Å². The molecule has 4 nitrogen and oxygen atoms in total. The maximum absolute atomic E-state index is 11.8. The number of fused-ring (bicyclic) bond motifs is 1. The fraction of sp³-hybridized carbons (Fsp3) is 0.600. The van der Waals surface area contributed by atoms with Crippen molar-refractivity contribution in [2.75, 3.05) is 12.8 Å². The molecule has 0 bridgehead atoms. The molecule has 1 aliphatic heterocycles. The van der Waals surface area contributed by atoms with Crippen molar-refractivity contribution in [3.8, 4) is 5.75 Å². The predicted octanol–water partition coefficient (Wildman–Crippen LogP) is 2.09. The van der Waals surface area contributed by atoms with Crippen LogP contribution in [0.2, 0.25) is 0 Å². The average Bonchev–Trinajstić information content (AvgIpc) is 2.73. The van der Waals surface area contributed by atoms with Crippen LogP contribution in [0.15, 0.2) is 18.2 Å². The minimum Gasteiger partial charge on any atom is -0.490 e. The Hall–Kier alpha value is -1.07. The highest BCUT2D eigenvalue weighted by atomic mass is 32.2. The fourth-order valence-corrected chi connectivity index (χ4v) is 3.41. The van der Waals surface area contributed by atoms with Crippen LogP contribution in [0.5, 0.6) is 5.75 Å². The zero-order chi connectivity index (χ0) is 14.9. The Bertz CT molecular complexity index is 583. The van der Waals surface area contributed by atoms with Crippen molar-refractivity contribution in [1.82, 2.24) is 5.32 Å². The molecule has 2 rings (SSSR count). The molecule has 1 heterocycles. The van der Waals surface area contributed by atoms with Crippen LogP contribution in [-0.4, -0.2) is 32.6 Å². The van der Waals surface area contributed by atoms with Gasteiger partial charge in [0.15, 0.2) is 9.84 Å². The van der Waals surface area contributed by atoms with Gasteiger partial charge in [-0.1, -0.05) is 19.1 Å². The van der Waals surface area contributed by atoms with Gasteiger partial charge < -0.3 is 10.1 Å². The Labute approximate surface area is 121 Å². The summed E-state index contributed by atoms with van der Waals surface area (Å²) in [6, 6.07) is 5.81. The van der Waals surface area contributed by atoms with Gasteiger partial charge >= 0.3 is 0 Å². The van der Waals surface area contributed by atoms with Gasteiger partial charge in [-0.05, 0) is 37.6 Å². The topological polar surface area (TPSA) is 55.4 Å². The third-order valence-electron chi connectivity index (χ3n) is 3.85. The van der Waals surface area contributed by atoms with Gasteiger partial charge in [-0.3, -0.25) is 0 Å². The summed E-state index contributed by atoms with van der Waals surface area (Å²) in [5.74, 6) is 0.920. The molecule has 5 heteroatoms. The lowest BCUT2D eigenvalue weighted by Crippen LogP contribution is -2.35. The Balaban J connectivity index is 2.34. The smallest absolute Gasteiger partial charge is 0.151 e. The van der Waals surface area contributed by atoms with Crippen LogP contribution in [0.25, 0.3) is 0 Å². The zero-order valence-corrected chi connectivity index (χ0v) is 13.3. The maximum Gasteiger partial charge on any atom is 0.151 e. The summed E-state index contributed by atoms with van der Waals surface area (Å²) in [5.41, 5.74) is 2.18. The molecule has 0 aliphatic carbocycles. The Morgan fingerprint density at radius 1 is 1.45 bits per heavy atom. The van der Waals surface area contributed by atoms with E-state index in [-0.39, 0.29) is 12.1 Å². The molecule has 0 amide bonds. The molecule has 0 radical (unpaired) electrons. The number of benzene rings is 1. The van der Waals surface area contributed by atoms with Gasteiger partial charge in [-0.25, -0.2) is 8.42 Å². The lowest BCUT2D eigenvalue weighted by Gasteiger charge is -2.24. The van der Waals surface area contributed by atoms with E-state index < -0.39 is 15.1 Å². The van der Waals surface area contributed by atoms with Crippen LogP contribution in [0.3, 0.4) is 0 Å². The largest absolute Gasteiger partial charge is 0.490 e. The first kappa shape index (κ1) is 15.3. The zero-order valence-electron chi connectivity index (χ0n) is 12.5. The SMILES string of the molecule is CCNC(c1ccc2c(c1)CC(C)O2)C(C)S(C)(=O)=O. The summed E-state index contributed by atoms with van der Waals surface area (Å²) in [7, 11) is -3.09. The molecule has 1 aromatic rings. The first-order valence-corrected chi connectivity index (χ1v) is 9.00. The molecule has 0 fully saturated rings. The van der Waals surface area contributed by atoms with Gasteiger partial charge in [0.1, 0.15) is 11.9 Å². The minimum absolute atomic E-state index is 0.184. The van der Waals surface area contributed by atoms with Crippen molar-refractivity contribution in [2.24, 2.45) is 0 Å². The fourth-order valence-electron chi connectivity index (χ4n) is 2.66. The summed E-state index contributed by atoms with van der Waals surface area (Å²) in [4.78, 5) is 0. The van der Waals surface area contributed by atoms with Crippen LogP contribution < -0.4 is 10.1 Å². The first-order valence-electron chi connectivity index (χ1n) is 7.04. The lowest BCUT2D eigenvalue weighted by atomic mass is 10.00. The van der Waals surface area contributed by atoms with Crippen LogP contribution in [0, 0.1) is 0 Å². The number of ether oxygens (including phenoxy) is 1. The number of hydrogen-bond donors (Lipinski definition) is 1. The van der Waals surface area contributed by atoms with Gasteiger partial charge in [-0.15, -0.1) is 0 Å². The molecule has 0 aromatic heterocycles. The Morgan fingerprint density at radius 3 is 2.75 bits per heavy atom. The van der Waals surface area contributed by atoms with E-state index >= 15 is 0 Å². The van der Waals surface area contributed by atoms with E-state index in [1.165, 1.54) is 11.8 Å². The first-order chi connectivity index (χ1) is 9.32. The molecule has 0 saturated carbocycles. The second kappa shape index (κ2) is 5.74. The average molecular weight is 297 g/mol. The summed E-state index contributed by atoms with van der Waals surface area (Å²) in [6.07, 6.45) is 2.38. The molecule has 3 unspecified atom stereocenters. The molecular weight excluding hydrogens is 274 g/mol. The van der Waals surface area contributed by atoms with E-state index in [1.807, 2.05) is 26.0 Å². The highest BCUT2D eigenvalue weighted by Crippen LogP contribution is 2.32. The monoisotopic (exact) mass is 297 g/mol. The van der Waals surface area contributed by atoms with Gasteiger partial charge in [0.25, 0.3) is 0 Å². The second-order valence-corrected chi connectivity index (χ2v) is 7.97. The Morgan fingerprint density at radius 2 is 2.15 bits per heavy atom. The second-order valence-electron chi connectivity index (χ2n) is 5.57. The number of sulfone groups is 1. The van der Waals surface area contributed by atoms with Crippen molar-refractivity contribution in [1.29, 1.82) is 0 Å². The van der Waals surface area contributed by atoms with Crippen LogP contribution in [-0.2, 0) is 16.3 Å². The molecule has 112 valence electrons. The van der Waals surface area contributed by atoms with E-state index in [0.717, 1.165) is 24.3 Å². The standard InChI is InChI=1S/C15H23NO3S/c1-5-16-15(11(3)20(4,17)18)12-6-7-14-13(9-12)8-10(2)19-14/h6-7,9-11,15-16H,5,8H2,1-4H3. The van der Waals surface area contributed by atoms with E-state index in [0.29, 0.717) is 0 Å². The summed E-state index contributed by atoms with van der Waals surface area (Å²) < 4.78 is 29.4. The molecule has 1 aromatic carbocycles. The predicted molar refractivity (Wildman–Crippen MR) is 81.0 cm³/mol. The van der Waals surface area contributed by atoms with Crippen molar-refractivity contribution in [3.05, 3.63) is 29.3 Å². The van der Waals surface area contributed by atoms with Crippen molar-refractivity contribution in [3.63, 3.8) is 0 Å². The van der Waals surface area contributed by atoms with Gasteiger partial charge in [0.05, 0.1) is 5.25 Å². The van der Waals surface area contributed by atoms with E-state index in [4.69, 9.17) is 4.74 Å². The third-order valence-corrected chi connectivity index (χ3v) is 5.47. The van der Waals surface area contributed by atoms with Crippen LogP contribution in [0.1, 0.15) is 37.9 Å². The van der Waals surface area contributed by atoms with Gasteiger partial charge in [-0.2, -0.15) is 0 Å². The quantitative estimate of drug-likeness (QED) is 0.904. The van der Waals surface area contributed by atoms with Crippen molar-refractivity contribution >= 4 is 9.84 Å². The molecular formula is C15H23NO3S. The summed E-state index contributed by atoms with van der Waals surface area (Å²) >= 11 is 0. The van der Waals surface area contributed by atoms with E-state index in [1.54, 1.807) is 6.92 Å². The molecule has 20 heavy (non-hydrogen) atoms. The van der Waals surface area contributed by atoms with Crippen LogP contribution >= 0.6 is 0 Å². The maximum atomic E-state index is 11.8. The number of nitrogens with one attached hydrogen (secondary N) is 1. The normalized spacial score (nSPS) is 21.1. The number of hydrogen-bond acceptors (Lipinski definition) is 4. The molecule has 0 spiro atoms. The minimum atomic E-state index is -3.09. The highest BCUT2D eigenvalue weighted by Gasteiger charge is 2.28. The summed E-state index contributed by atoms with van der Waals surface area (Å²) in [6.45, 7) is 6.52. The lowest BCUT2D eigenvalue weighted by molar-refractivity contribution is 0.254. The van der Waals surface area contributed by atoms with Crippen molar-refractivity contribution < 1.29 is 13.2 Å². The van der Waals surface area contributed by atoms with Crippen molar-refractivity contribution in [2.45, 2.75) is 44.6 Å². The molecule has 0 saturated heterocycles. The third kappa shape index (κ3) is 3.15. The molecule has 3 atom stereocenters. The van der Waals surface area contributed by atoms with Gasteiger partial charge in [0.2, 0.25) is 0 Å². The van der Waals surface area contributed by atoms with E-state index in [2.05, 4.69) is 11.4 Å². The summed E-state index contributed by atoms with van der Waals surface area (Å²) in [5, 5.41) is 2.83. The number of rotatable bonds is 5. The molecule has 1 N–H and O–H groups in total. The Kier molecular flexibility index (Phi) is 4.39. The highest BCUT2D eigenvalue weighted by molar-refractivity contribution is 7.91.